The molecule has 2 N–H and O–H groups in total. The van der Waals surface area contributed by atoms with E-state index in [4.69, 9.17) is 4.74 Å². The molecule has 8 heteroatoms. The zero-order valence-electron chi connectivity index (χ0n) is 11.2. The smallest absolute Gasteiger partial charge is 0.169 e. The van der Waals surface area contributed by atoms with E-state index in [2.05, 4.69) is 30.7 Å². The largest absolute Gasteiger partial charge is 0.377 e. The van der Waals surface area contributed by atoms with E-state index in [1.165, 1.54) is 0 Å². The van der Waals surface area contributed by atoms with Gasteiger partial charge in [-0.2, -0.15) is 5.10 Å². The summed E-state index contributed by atoms with van der Waals surface area (Å²) in [7, 11) is 5.25. The van der Waals surface area contributed by atoms with E-state index in [0.717, 1.165) is 5.82 Å². The van der Waals surface area contributed by atoms with Crippen LogP contribution in [0, 0.1) is 0 Å². The molecule has 0 aliphatic carbocycles. The number of hydrogen-bond donors (Lipinski definition) is 2. The molecular formula is C11H17N7O. The molecule has 0 bridgehead atoms. The lowest BCUT2D eigenvalue weighted by molar-refractivity contribution is 0.178. The van der Waals surface area contributed by atoms with Crippen LogP contribution in [0.2, 0.25) is 0 Å². The van der Waals surface area contributed by atoms with Crippen LogP contribution in [0.4, 0.5) is 11.6 Å². The first-order chi connectivity index (χ1) is 9.21. The normalized spacial score (nSPS) is 10.5. The van der Waals surface area contributed by atoms with Crippen molar-refractivity contribution in [3.8, 4) is 0 Å². The third kappa shape index (κ3) is 3.62. The maximum atomic E-state index is 5.04. The van der Waals surface area contributed by atoms with Crippen molar-refractivity contribution < 1.29 is 4.74 Å². The van der Waals surface area contributed by atoms with Crippen LogP contribution in [-0.2, 0) is 24.9 Å². The molecule has 0 spiro atoms. The third-order valence-corrected chi connectivity index (χ3v) is 2.38. The molecule has 0 aliphatic rings. The van der Waals surface area contributed by atoms with Crippen molar-refractivity contribution in [2.75, 3.05) is 24.8 Å². The predicted octanol–water partition coefficient (Wildman–Crippen LogP) is 0.405. The van der Waals surface area contributed by atoms with Crippen LogP contribution in [0.1, 0.15) is 11.6 Å². The van der Waals surface area contributed by atoms with E-state index in [9.17, 15) is 0 Å². The molecule has 0 fully saturated rings. The highest BCUT2D eigenvalue weighted by atomic mass is 16.5. The maximum Gasteiger partial charge on any atom is 0.169 e. The first-order valence-corrected chi connectivity index (χ1v) is 5.84. The molecule has 0 aliphatic heterocycles. The fraction of sp³-hybridized carbons (Fsp3) is 0.455. The average Bonchev–Trinajstić information content (AvgIpc) is 2.82. The van der Waals surface area contributed by atoms with Crippen LogP contribution in [0.25, 0.3) is 0 Å². The summed E-state index contributed by atoms with van der Waals surface area (Å²) >= 11 is 0. The molecule has 0 atom stereocenters. The molecule has 8 nitrogen and oxygen atoms in total. The second kappa shape index (κ2) is 6.10. The molecule has 2 heterocycles. The molecule has 0 radical (unpaired) electrons. The first kappa shape index (κ1) is 13.2. The number of rotatable bonds is 6. The second-order valence-corrected chi connectivity index (χ2v) is 3.93. The van der Waals surface area contributed by atoms with Crippen molar-refractivity contribution >= 4 is 11.6 Å². The van der Waals surface area contributed by atoms with Crippen LogP contribution in [0.15, 0.2) is 12.4 Å². The summed E-state index contributed by atoms with van der Waals surface area (Å²) in [6, 6.07) is 1.82. The highest BCUT2D eigenvalue weighted by Gasteiger charge is 2.05. The van der Waals surface area contributed by atoms with Gasteiger partial charge in [0, 0.05) is 27.3 Å². The van der Waals surface area contributed by atoms with Gasteiger partial charge in [-0.1, -0.05) is 0 Å². The number of nitrogens with zero attached hydrogens (tertiary/aromatic N) is 5. The Morgan fingerprint density at radius 2 is 2.05 bits per heavy atom. The zero-order valence-corrected chi connectivity index (χ0v) is 11.2. The number of aryl methyl sites for hydroxylation is 1. The van der Waals surface area contributed by atoms with Crippen LogP contribution in [0.3, 0.4) is 0 Å². The molecule has 19 heavy (non-hydrogen) atoms. The molecule has 2 aromatic rings. The summed E-state index contributed by atoms with van der Waals surface area (Å²) in [5.41, 5.74) is 0. The molecule has 0 unspecified atom stereocenters. The topological polar surface area (TPSA) is 89.8 Å². The van der Waals surface area contributed by atoms with Gasteiger partial charge >= 0.3 is 0 Å². The van der Waals surface area contributed by atoms with Crippen molar-refractivity contribution in [1.82, 2.24) is 24.7 Å². The van der Waals surface area contributed by atoms with Crippen molar-refractivity contribution in [1.29, 1.82) is 0 Å². The van der Waals surface area contributed by atoms with Gasteiger partial charge in [-0.25, -0.2) is 15.0 Å². The van der Waals surface area contributed by atoms with Crippen molar-refractivity contribution in [3.05, 3.63) is 24.0 Å². The third-order valence-electron chi connectivity index (χ3n) is 2.38. The van der Waals surface area contributed by atoms with Crippen molar-refractivity contribution in [2.24, 2.45) is 7.05 Å². The Morgan fingerprint density at radius 3 is 2.68 bits per heavy atom. The Bertz CT molecular complexity index is 540. The lowest BCUT2D eigenvalue weighted by Gasteiger charge is -2.08. The van der Waals surface area contributed by atoms with Gasteiger partial charge in [-0.3, -0.25) is 4.68 Å². The van der Waals surface area contributed by atoms with E-state index < -0.39 is 0 Å². The molecule has 0 aromatic carbocycles. The number of aromatic nitrogens is 5. The number of ether oxygens (including phenoxy) is 1. The summed E-state index contributed by atoms with van der Waals surface area (Å²) in [4.78, 5) is 12.8. The first-order valence-electron chi connectivity index (χ1n) is 5.84. The Morgan fingerprint density at radius 1 is 1.26 bits per heavy atom. The molecule has 0 amide bonds. The maximum absolute atomic E-state index is 5.04. The monoisotopic (exact) mass is 263 g/mol. The molecule has 0 saturated heterocycles. The predicted molar refractivity (Wildman–Crippen MR) is 70.6 cm³/mol. The lowest BCUT2D eigenvalue weighted by atomic mass is 10.4. The number of hydrogen-bond acceptors (Lipinski definition) is 7. The summed E-state index contributed by atoms with van der Waals surface area (Å²) < 4.78 is 6.70. The summed E-state index contributed by atoms with van der Waals surface area (Å²) in [5.74, 6) is 2.77. The van der Waals surface area contributed by atoms with Gasteiger partial charge in [0.25, 0.3) is 0 Å². The molecule has 2 aromatic heterocycles. The van der Waals surface area contributed by atoms with E-state index >= 15 is 0 Å². The van der Waals surface area contributed by atoms with Gasteiger partial charge in [-0.15, -0.1) is 0 Å². The molecule has 0 saturated carbocycles. The molecule has 2 rings (SSSR count). The van der Waals surface area contributed by atoms with Gasteiger partial charge in [0.05, 0.1) is 6.54 Å². The van der Waals surface area contributed by atoms with E-state index in [1.807, 2.05) is 20.2 Å². The lowest BCUT2D eigenvalue weighted by Crippen LogP contribution is -2.08. The van der Waals surface area contributed by atoms with Crippen LogP contribution in [0.5, 0.6) is 0 Å². The van der Waals surface area contributed by atoms with Gasteiger partial charge in [0.15, 0.2) is 11.6 Å². The SMILES string of the molecule is CNc1cc(NCc2ncn(C)n2)nc(COC)n1. The fourth-order valence-electron chi connectivity index (χ4n) is 1.54. The molecular weight excluding hydrogens is 246 g/mol. The Labute approximate surface area is 111 Å². The minimum Gasteiger partial charge on any atom is -0.377 e. The zero-order chi connectivity index (χ0) is 13.7. The highest BCUT2D eigenvalue weighted by molar-refractivity contribution is 5.47. The van der Waals surface area contributed by atoms with Gasteiger partial charge < -0.3 is 15.4 Å². The summed E-state index contributed by atoms with van der Waals surface area (Å²) in [5, 5.41) is 10.3. The fourth-order valence-corrected chi connectivity index (χ4v) is 1.54. The van der Waals surface area contributed by atoms with Crippen molar-refractivity contribution in [2.45, 2.75) is 13.2 Å². The van der Waals surface area contributed by atoms with Gasteiger partial charge in [-0.05, 0) is 0 Å². The Kier molecular flexibility index (Phi) is 4.24. The molecule has 102 valence electrons. The average molecular weight is 263 g/mol. The second-order valence-electron chi connectivity index (χ2n) is 3.93. The van der Waals surface area contributed by atoms with E-state index in [0.29, 0.717) is 30.6 Å². The minimum absolute atomic E-state index is 0.367. The van der Waals surface area contributed by atoms with Crippen LogP contribution >= 0.6 is 0 Å². The Hall–Kier alpha value is -2.22. The quantitative estimate of drug-likeness (QED) is 0.779. The highest BCUT2D eigenvalue weighted by Crippen LogP contribution is 2.12. The van der Waals surface area contributed by atoms with E-state index in [1.54, 1.807) is 18.1 Å². The van der Waals surface area contributed by atoms with Crippen molar-refractivity contribution in [3.63, 3.8) is 0 Å². The van der Waals surface area contributed by atoms with E-state index in [-0.39, 0.29) is 0 Å². The minimum atomic E-state index is 0.367. The Balaban J connectivity index is 2.08. The number of anilines is 2. The standard InChI is InChI=1S/C11H17N7O/c1-12-8-4-9(16-11(15-8)6-19-3)13-5-10-14-7-18(2)17-10/h4,7H,5-6H2,1-3H3,(H2,12,13,15,16). The van der Waals surface area contributed by atoms with Gasteiger partial charge in [0.2, 0.25) is 0 Å². The summed E-state index contributed by atoms with van der Waals surface area (Å²) in [6.07, 6.45) is 1.66. The van der Waals surface area contributed by atoms with Gasteiger partial charge in [0.1, 0.15) is 24.6 Å². The number of methoxy groups -OCH3 is 1. The number of nitrogens with one attached hydrogen (secondary N) is 2. The van der Waals surface area contributed by atoms with Crippen LogP contribution < -0.4 is 10.6 Å². The van der Waals surface area contributed by atoms with Crippen LogP contribution in [-0.4, -0.2) is 38.9 Å². The summed E-state index contributed by atoms with van der Waals surface area (Å²) in [6.45, 7) is 0.874.